The van der Waals surface area contributed by atoms with Crippen molar-refractivity contribution >= 4 is 29.1 Å². The van der Waals surface area contributed by atoms with Crippen LogP contribution in [0.3, 0.4) is 0 Å². The molecule has 0 radical (unpaired) electrons. The topological polar surface area (TPSA) is 71.3 Å². The van der Waals surface area contributed by atoms with E-state index >= 15 is 0 Å². The summed E-state index contributed by atoms with van der Waals surface area (Å²) in [6, 6.07) is 6.39. The number of aryl methyl sites for hydroxylation is 1. The molecule has 5 nitrogen and oxygen atoms in total. The Morgan fingerprint density at radius 2 is 1.91 bits per heavy atom. The summed E-state index contributed by atoms with van der Waals surface area (Å²) in [6.45, 7) is 5.49. The lowest BCUT2D eigenvalue weighted by Crippen LogP contribution is -2.31. The molecule has 0 saturated heterocycles. The van der Waals surface area contributed by atoms with E-state index < -0.39 is 5.91 Å². The van der Waals surface area contributed by atoms with Gasteiger partial charge in [-0.15, -0.1) is 0 Å². The highest BCUT2D eigenvalue weighted by Crippen LogP contribution is 2.22. The van der Waals surface area contributed by atoms with Gasteiger partial charge in [-0.3, -0.25) is 9.59 Å². The largest absolute Gasteiger partial charge is 0.459 e. The van der Waals surface area contributed by atoms with Gasteiger partial charge in [0.1, 0.15) is 0 Å². The monoisotopic (exact) mass is 320 g/mol. The number of anilines is 1. The fourth-order valence-electron chi connectivity index (χ4n) is 1.94. The number of furan rings is 1. The zero-order chi connectivity index (χ0) is 16.3. The summed E-state index contributed by atoms with van der Waals surface area (Å²) in [5, 5.41) is 5.88. The van der Waals surface area contributed by atoms with Gasteiger partial charge in [0.2, 0.25) is 0 Å². The Morgan fingerprint density at radius 1 is 1.18 bits per heavy atom. The van der Waals surface area contributed by atoms with Gasteiger partial charge >= 0.3 is 0 Å². The molecule has 1 aromatic carbocycles. The van der Waals surface area contributed by atoms with E-state index in [0.717, 1.165) is 0 Å². The average Bonchev–Trinajstić information content (AvgIpc) is 2.84. The van der Waals surface area contributed by atoms with Crippen molar-refractivity contribution in [1.82, 2.24) is 5.32 Å². The van der Waals surface area contributed by atoms with E-state index in [1.807, 2.05) is 13.8 Å². The van der Waals surface area contributed by atoms with E-state index in [9.17, 15) is 9.59 Å². The van der Waals surface area contributed by atoms with E-state index in [1.165, 1.54) is 12.3 Å². The van der Waals surface area contributed by atoms with Crippen LogP contribution in [0.25, 0.3) is 0 Å². The SMILES string of the molecule is Cc1ccoc1C(=O)Nc1cc(Cl)ccc1C(=O)NC(C)C. The maximum atomic E-state index is 12.2. The standard InChI is InChI=1S/C16H17ClN2O3/c1-9(2)18-15(20)12-5-4-11(17)8-13(12)19-16(21)14-10(3)6-7-22-14/h4-9H,1-3H3,(H,18,20)(H,19,21). The summed E-state index contributed by atoms with van der Waals surface area (Å²) in [4.78, 5) is 24.4. The number of amides is 2. The van der Waals surface area contributed by atoms with Crippen LogP contribution in [0.4, 0.5) is 5.69 Å². The maximum Gasteiger partial charge on any atom is 0.291 e. The molecule has 0 aliphatic heterocycles. The van der Waals surface area contributed by atoms with E-state index in [-0.39, 0.29) is 17.7 Å². The molecule has 2 rings (SSSR count). The van der Waals surface area contributed by atoms with Crippen LogP contribution in [0, 0.1) is 6.92 Å². The zero-order valence-electron chi connectivity index (χ0n) is 12.6. The number of nitrogens with one attached hydrogen (secondary N) is 2. The predicted octanol–water partition coefficient (Wildman–Crippen LogP) is 3.63. The van der Waals surface area contributed by atoms with E-state index in [1.54, 1.807) is 25.1 Å². The Kier molecular flexibility index (Phi) is 4.88. The number of hydrogen-bond acceptors (Lipinski definition) is 3. The normalized spacial score (nSPS) is 10.6. The summed E-state index contributed by atoms with van der Waals surface area (Å²) < 4.78 is 5.15. The minimum Gasteiger partial charge on any atom is -0.459 e. The molecular formula is C16H17ClN2O3. The van der Waals surface area contributed by atoms with Gasteiger partial charge in [0.15, 0.2) is 5.76 Å². The number of carbonyl (C=O) groups excluding carboxylic acids is 2. The summed E-state index contributed by atoms with van der Waals surface area (Å²) in [5.74, 6) is -0.503. The van der Waals surface area contributed by atoms with Crippen molar-refractivity contribution in [1.29, 1.82) is 0 Å². The Hall–Kier alpha value is -2.27. The zero-order valence-corrected chi connectivity index (χ0v) is 13.3. The Labute approximate surface area is 133 Å². The lowest BCUT2D eigenvalue weighted by atomic mass is 10.1. The van der Waals surface area contributed by atoms with Crippen LogP contribution in [-0.2, 0) is 0 Å². The third-order valence-corrected chi connectivity index (χ3v) is 3.20. The molecule has 0 unspecified atom stereocenters. The Bertz CT molecular complexity index is 707. The third kappa shape index (κ3) is 3.68. The molecule has 2 aromatic rings. The number of halogens is 1. The molecule has 0 atom stereocenters. The van der Waals surface area contributed by atoms with Crippen LogP contribution < -0.4 is 10.6 Å². The van der Waals surface area contributed by atoms with Crippen molar-refractivity contribution in [3.8, 4) is 0 Å². The van der Waals surface area contributed by atoms with Gasteiger partial charge in [0, 0.05) is 16.6 Å². The smallest absolute Gasteiger partial charge is 0.291 e. The van der Waals surface area contributed by atoms with Crippen molar-refractivity contribution in [2.24, 2.45) is 0 Å². The van der Waals surface area contributed by atoms with Crippen LogP contribution in [0.1, 0.15) is 40.3 Å². The second-order valence-corrected chi connectivity index (χ2v) is 5.64. The molecule has 2 N–H and O–H groups in total. The highest BCUT2D eigenvalue weighted by Gasteiger charge is 2.18. The summed E-state index contributed by atoms with van der Waals surface area (Å²) in [6.07, 6.45) is 1.44. The molecule has 0 spiro atoms. The molecule has 1 aromatic heterocycles. The van der Waals surface area contributed by atoms with Crippen molar-refractivity contribution in [2.75, 3.05) is 5.32 Å². The molecule has 0 aliphatic carbocycles. The molecule has 22 heavy (non-hydrogen) atoms. The minimum absolute atomic E-state index is 0.0148. The Morgan fingerprint density at radius 3 is 2.50 bits per heavy atom. The van der Waals surface area contributed by atoms with E-state index in [2.05, 4.69) is 10.6 Å². The molecule has 6 heteroatoms. The highest BCUT2D eigenvalue weighted by atomic mass is 35.5. The molecule has 0 saturated carbocycles. The van der Waals surface area contributed by atoms with Crippen molar-refractivity contribution in [3.05, 3.63) is 52.4 Å². The molecule has 0 fully saturated rings. The maximum absolute atomic E-state index is 12.2. The summed E-state index contributed by atoms with van der Waals surface area (Å²) >= 11 is 5.96. The van der Waals surface area contributed by atoms with Gasteiger partial charge in [-0.1, -0.05) is 11.6 Å². The second-order valence-electron chi connectivity index (χ2n) is 5.20. The van der Waals surface area contributed by atoms with Gasteiger partial charge in [-0.05, 0) is 45.0 Å². The van der Waals surface area contributed by atoms with Crippen LogP contribution in [0.2, 0.25) is 5.02 Å². The minimum atomic E-state index is -0.427. The van der Waals surface area contributed by atoms with Crippen molar-refractivity contribution in [2.45, 2.75) is 26.8 Å². The van der Waals surface area contributed by atoms with Crippen LogP contribution >= 0.6 is 11.6 Å². The van der Waals surface area contributed by atoms with Gasteiger partial charge in [-0.25, -0.2) is 0 Å². The number of rotatable bonds is 4. The lowest BCUT2D eigenvalue weighted by Gasteiger charge is -2.13. The quantitative estimate of drug-likeness (QED) is 0.903. The lowest BCUT2D eigenvalue weighted by molar-refractivity contribution is 0.0944. The average molecular weight is 321 g/mol. The fraction of sp³-hybridized carbons (Fsp3) is 0.250. The molecular weight excluding hydrogens is 304 g/mol. The fourth-order valence-corrected chi connectivity index (χ4v) is 2.11. The first-order valence-corrected chi connectivity index (χ1v) is 7.22. The van der Waals surface area contributed by atoms with Gasteiger partial charge in [0.05, 0.1) is 17.5 Å². The summed E-state index contributed by atoms with van der Waals surface area (Å²) in [5.41, 5.74) is 1.40. The summed E-state index contributed by atoms with van der Waals surface area (Å²) in [7, 11) is 0. The molecule has 116 valence electrons. The van der Waals surface area contributed by atoms with Crippen LogP contribution in [-0.4, -0.2) is 17.9 Å². The van der Waals surface area contributed by atoms with E-state index in [0.29, 0.717) is 21.8 Å². The molecule has 0 aliphatic rings. The van der Waals surface area contributed by atoms with Gasteiger partial charge in [-0.2, -0.15) is 0 Å². The van der Waals surface area contributed by atoms with Gasteiger partial charge in [0.25, 0.3) is 11.8 Å². The first-order chi connectivity index (χ1) is 10.4. The third-order valence-electron chi connectivity index (χ3n) is 2.96. The van der Waals surface area contributed by atoms with Crippen LogP contribution in [0.5, 0.6) is 0 Å². The Balaban J connectivity index is 2.30. The van der Waals surface area contributed by atoms with E-state index in [4.69, 9.17) is 16.0 Å². The molecule has 2 amide bonds. The number of benzene rings is 1. The molecule has 0 bridgehead atoms. The molecule has 1 heterocycles. The van der Waals surface area contributed by atoms with Crippen molar-refractivity contribution in [3.63, 3.8) is 0 Å². The van der Waals surface area contributed by atoms with Gasteiger partial charge < -0.3 is 15.1 Å². The highest BCUT2D eigenvalue weighted by molar-refractivity contribution is 6.31. The predicted molar refractivity (Wildman–Crippen MR) is 85.5 cm³/mol. The van der Waals surface area contributed by atoms with Crippen molar-refractivity contribution < 1.29 is 14.0 Å². The number of carbonyl (C=O) groups is 2. The second kappa shape index (κ2) is 6.66. The first kappa shape index (κ1) is 16.1. The van der Waals surface area contributed by atoms with Crippen LogP contribution in [0.15, 0.2) is 34.9 Å². The number of hydrogen-bond donors (Lipinski definition) is 2. The first-order valence-electron chi connectivity index (χ1n) is 6.84.